The van der Waals surface area contributed by atoms with Crippen molar-refractivity contribution >= 4 is 17.8 Å². The van der Waals surface area contributed by atoms with E-state index in [0.29, 0.717) is 12.1 Å². The Bertz CT molecular complexity index is 500. The van der Waals surface area contributed by atoms with Crippen LogP contribution in [0.1, 0.15) is 22.8 Å². The highest BCUT2D eigenvalue weighted by Gasteiger charge is 2.12. The summed E-state index contributed by atoms with van der Waals surface area (Å²) < 4.78 is 4.88. The van der Waals surface area contributed by atoms with E-state index in [1.54, 1.807) is 32.0 Å². The first-order valence-corrected chi connectivity index (χ1v) is 6.30. The van der Waals surface area contributed by atoms with E-state index in [-0.39, 0.29) is 12.5 Å². The Hall–Kier alpha value is -2.37. The molecule has 20 heavy (non-hydrogen) atoms. The van der Waals surface area contributed by atoms with Crippen LogP contribution in [0.15, 0.2) is 24.3 Å². The third-order valence-electron chi connectivity index (χ3n) is 2.52. The number of ether oxygens (including phenoxy) is 1. The minimum Gasteiger partial charge on any atom is -0.452 e. The second-order valence-electron chi connectivity index (χ2n) is 4.12. The van der Waals surface area contributed by atoms with Gasteiger partial charge in [-0.1, -0.05) is 18.2 Å². The maximum absolute atomic E-state index is 11.7. The minimum absolute atomic E-state index is 0.130. The van der Waals surface area contributed by atoms with E-state index in [1.807, 2.05) is 6.07 Å². The molecule has 0 unspecified atom stereocenters. The molecular formula is C14H18N2O4. The van der Waals surface area contributed by atoms with Crippen molar-refractivity contribution in [3.63, 3.8) is 0 Å². The Morgan fingerprint density at radius 3 is 2.45 bits per heavy atom. The summed E-state index contributed by atoms with van der Waals surface area (Å²) in [4.78, 5) is 34.3. The lowest BCUT2D eigenvalue weighted by molar-refractivity contribution is -0.127. The van der Waals surface area contributed by atoms with Gasteiger partial charge in [-0.3, -0.25) is 9.59 Å². The molecule has 0 radical (unpaired) electrons. The smallest absolute Gasteiger partial charge is 0.338 e. The Morgan fingerprint density at radius 2 is 1.80 bits per heavy atom. The van der Waals surface area contributed by atoms with Gasteiger partial charge in [-0.05, 0) is 25.5 Å². The number of nitrogens with one attached hydrogen (secondary N) is 2. The molecule has 0 fully saturated rings. The zero-order valence-electron chi connectivity index (χ0n) is 11.6. The Balaban J connectivity index is 2.36. The van der Waals surface area contributed by atoms with E-state index in [0.717, 1.165) is 5.56 Å². The van der Waals surface area contributed by atoms with E-state index >= 15 is 0 Å². The average Bonchev–Trinajstić information content (AvgIpc) is 2.43. The first-order chi connectivity index (χ1) is 9.54. The molecule has 0 atom stereocenters. The average molecular weight is 278 g/mol. The van der Waals surface area contributed by atoms with Gasteiger partial charge in [-0.25, -0.2) is 4.79 Å². The van der Waals surface area contributed by atoms with Gasteiger partial charge in [-0.2, -0.15) is 0 Å². The van der Waals surface area contributed by atoms with E-state index in [9.17, 15) is 14.4 Å². The van der Waals surface area contributed by atoms with Gasteiger partial charge >= 0.3 is 5.97 Å². The predicted octanol–water partition coefficient (Wildman–Crippen LogP) is 0.404. The second kappa shape index (κ2) is 7.93. The molecule has 0 saturated heterocycles. The van der Waals surface area contributed by atoms with Crippen molar-refractivity contribution in [3.8, 4) is 0 Å². The van der Waals surface area contributed by atoms with Gasteiger partial charge in [0.05, 0.1) is 12.1 Å². The maximum Gasteiger partial charge on any atom is 0.338 e. The first kappa shape index (κ1) is 15.7. The van der Waals surface area contributed by atoms with Crippen molar-refractivity contribution in [1.29, 1.82) is 0 Å². The van der Waals surface area contributed by atoms with Gasteiger partial charge in [0, 0.05) is 6.54 Å². The standard InChI is InChI=1S/C14H18N2O4/c1-3-15-12(17)8-16-13(18)9-20-14(19)11-7-5-4-6-10(11)2/h4-7H,3,8-9H2,1-2H3,(H,15,17)(H,16,18). The van der Waals surface area contributed by atoms with E-state index in [2.05, 4.69) is 10.6 Å². The topological polar surface area (TPSA) is 84.5 Å². The molecule has 1 aromatic carbocycles. The molecule has 0 spiro atoms. The van der Waals surface area contributed by atoms with E-state index in [1.165, 1.54) is 0 Å². The normalized spacial score (nSPS) is 9.70. The molecule has 1 rings (SSSR count). The highest BCUT2D eigenvalue weighted by molar-refractivity contribution is 5.93. The molecule has 0 aromatic heterocycles. The summed E-state index contributed by atoms with van der Waals surface area (Å²) in [7, 11) is 0. The fourth-order valence-corrected chi connectivity index (χ4v) is 1.50. The zero-order valence-corrected chi connectivity index (χ0v) is 11.6. The van der Waals surface area contributed by atoms with Crippen molar-refractivity contribution in [2.75, 3.05) is 19.7 Å². The SMILES string of the molecule is CCNC(=O)CNC(=O)COC(=O)c1ccccc1C. The molecule has 0 aliphatic carbocycles. The van der Waals surface area contributed by atoms with Gasteiger partial charge in [-0.15, -0.1) is 0 Å². The quantitative estimate of drug-likeness (QED) is 0.738. The Morgan fingerprint density at radius 1 is 1.10 bits per heavy atom. The molecule has 6 heteroatoms. The fraction of sp³-hybridized carbons (Fsp3) is 0.357. The second-order valence-corrected chi connectivity index (χ2v) is 4.12. The van der Waals surface area contributed by atoms with E-state index < -0.39 is 18.5 Å². The van der Waals surface area contributed by atoms with Crippen molar-refractivity contribution in [1.82, 2.24) is 10.6 Å². The van der Waals surface area contributed by atoms with Gasteiger partial charge in [0.2, 0.25) is 5.91 Å². The largest absolute Gasteiger partial charge is 0.452 e. The summed E-state index contributed by atoms with van der Waals surface area (Å²) in [5.41, 5.74) is 1.20. The van der Waals surface area contributed by atoms with Crippen LogP contribution in [0.25, 0.3) is 0 Å². The molecule has 0 aliphatic rings. The Kier molecular flexibility index (Phi) is 6.22. The number of benzene rings is 1. The number of carbonyl (C=O) groups excluding carboxylic acids is 3. The lowest BCUT2D eigenvalue weighted by atomic mass is 10.1. The molecule has 108 valence electrons. The maximum atomic E-state index is 11.7. The zero-order chi connectivity index (χ0) is 15.0. The van der Waals surface area contributed by atoms with Crippen molar-refractivity contribution in [2.45, 2.75) is 13.8 Å². The van der Waals surface area contributed by atoms with Gasteiger partial charge in [0.1, 0.15) is 0 Å². The van der Waals surface area contributed by atoms with Crippen LogP contribution in [-0.4, -0.2) is 37.5 Å². The van der Waals surface area contributed by atoms with Crippen molar-refractivity contribution in [2.24, 2.45) is 0 Å². The number of hydrogen-bond donors (Lipinski definition) is 2. The lowest BCUT2D eigenvalue weighted by Gasteiger charge is -2.07. The molecule has 0 aliphatic heterocycles. The van der Waals surface area contributed by atoms with Crippen LogP contribution in [-0.2, 0) is 14.3 Å². The molecule has 2 N–H and O–H groups in total. The fourth-order valence-electron chi connectivity index (χ4n) is 1.50. The van der Waals surface area contributed by atoms with Crippen LogP contribution in [0.3, 0.4) is 0 Å². The number of hydrogen-bond acceptors (Lipinski definition) is 4. The summed E-state index contributed by atoms with van der Waals surface area (Å²) >= 11 is 0. The molecule has 1 aromatic rings. The highest BCUT2D eigenvalue weighted by atomic mass is 16.5. The van der Waals surface area contributed by atoms with Crippen LogP contribution < -0.4 is 10.6 Å². The Labute approximate surface area is 117 Å². The number of carbonyl (C=O) groups is 3. The van der Waals surface area contributed by atoms with Crippen LogP contribution in [0, 0.1) is 6.92 Å². The molecular weight excluding hydrogens is 260 g/mol. The minimum atomic E-state index is -0.559. The predicted molar refractivity (Wildman–Crippen MR) is 73.2 cm³/mol. The third-order valence-corrected chi connectivity index (χ3v) is 2.52. The van der Waals surface area contributed by atoms with Crippen LogP contribution in [0.2, 0.25) is 0 Å². The number of rotatable bonds is 6. The number of esters is 1. The van der Waals surface area contributed by atoms with Gasteiger partial charge in [0.25, 0.3) is 5.91 Å². The van der Waals surface area contributed by atoms with Crippen molar-refractivity contribution in [3.05, 3.63) is 35.4 Å². The van der Waals surface area contributed by atoms with Crippen LogP contribution >= 0.6 is 0 Å². The number of amides is 2. The molecule has 2 amide bonds. The number of aryl methyl sites for hydroxylation is 1. The summed E-state index contributed by atoms with van der Waals surface area (Å²) in [5, 5.41) is 4.90. The first-order valence-electron chi connectivity index (χ1n) is 6.30. The molecule has 0 saturated carbocycles. The van der Waals surface area contributed by atoms with Crippen LogP contribution in [0.5, 0.6) is 0 Å². The summed E-state index contributed by atoms with van der Waals surface area (Å²) in [6, 6.07) is 6.94. The molecule has 0 bridgehead atoms. The van der Waals surface area contributed by atoms with Crippen molar-refractivity contribution < 1.29 is 19.1 Å². The van der Waals surface area contributed by atoms with Gasteiger partial charge in [0.15, 0.2) is 6.61 Å². The molecule has 0 heterocycles. The molecule has 6 nitrogen and oxygen atoms in total. The number of likely N-dealkylation sites (N-methyl/N-ethyl adjacent to an activating group) is 1. The summed E-state index contributed by atoms with van der Waals surface area (Å²) in [6.45, 7) is 3.52. The van der Waals surface area contributed by atoms with Gasteiger partial charge < -0.3 is 15.4 Å². The lowest BCUT2D eigenvalue weighted by Crippen LogP contribution is -2.38. The summed E-state index contributed by atoms with van der Waals surface area (Å²) in [6.07, 6.45) is 0. The highest BCUT2D eigenvalue weighted by Crippen LogP contribution is 2.08. The third kappa shape index (κ3) is 5.09. The summed E-state index contributed by atoms with van der Waals surface area (Å²) in [5.74, 6) is -1.36. The van der Waals surface area contributed by atoms with E-state index in [4.69, 9.17) is 4.74 Å². The monoisotopic (exact) mass is 278 g/mol. The van der Waals surface area contributed by atoms with Crippen LogP contribution in [0.4, 0.5) is 0 Å².